The highest BCUT2D eigenvalue weighted by molar-refractivity contribution is 6.42. The van der Waals surface area contributed by atoms with Crippen molar-refractivity contribution >= 4 is 35.1 Å². The standard InChI is InChI=1S/C16H14Cl2N4O2/c17-12-2-1-10(3-13(12)18)16-4-11(16)7-22(8-16)15-19-5-9(6-20-15)14(23)21-24/h1-3,5-6,11,24H,4,7-8H2,(H,21,23)/t11-,16+/m0/s1. The number of carbonyl (C=O) groups excluding carboxylic acids is 1. The van der Waals surface area contributed by atoms with Crippen LogP contribution in [0.4, 0.5) is 5.95 Å². The monoisotopic (exact) mass is 364 g/mol. The Labute approximate surface area is 148 Å². The van der Waals surface area contributed by atoms with E-state index in [-0.39, 0.29) is 11.0 Å². The Hall–Kier alpha value is -1.89. The van der Waals surface area contributed by atoms with Crippen LogP contribution >= 0.6 is 23.2 Å². The number of hydrogen-bond acceptors (Lipinski definition) is 5. The second-order valence-corrected chi connectivity index (χ2v) is 7.09. The van der Waals surface area contributed by atoms with Crippen molar-refractivity contribution in [1.29, 1.82) is 0 Å². The smallest absolute Gasteiger partial charge is 0.277 e. The van der Waals surface area contributed by atoms with Crippen LogP contribution in [0.2, 0.25) is 10.0 Å². The van der Waals surface area contributed by atoms with Crippen molar-refractivity contribution in [3.05, 3.63) is 51.8 Å². The maximum Gasteiger partial charge on any atom is 0.277 e. The lowest BCUT2D eigenvalue weighted by molar-refractivity contribution is 0.0705. The predicted octanol–water partition coefficient (Wildman–Crippen LogP) is 2.68. The predicted molar refractivity (Wildman–Crippen MR) is 89.7 cm³/mol. The number of benzene rings is 1. The number of anilines is 1. The highest BCUT2D eigenvalue weighted by Gasteiger charge is 2.61. The molecule has 0 radical (unpaired) electrons. The number of aromatic nitrogens is 2. The van der Waals surface area contributed by atoms with Gasteiger partial charge in [-0.15, -0.1) is 0 Å². The average molecular weight is 365 g/mol. The van der Waals surface area contributed by atoms with E-state index in [0.29, 0.717) is 21.9 Å². The normalized spacial score (nSPS) is 24.6. The molecule has 2 heterocycles. The van der Waals surface area contributed by atoms with Gasteiger partial charge >= 0.3 is 0 Å². The van der Waals surface area contributed by atoms with Gasteiger partial charge in [0.1, 0.15) is 0 Å². The lowest BCUT2D eigenvalue weighted by Gasteiger charge is -2.21. The summed E-state index contributed by atoms with van der Waals surface area (Å²) in [5.41, 5.74) is 3.06. The topological polar surface area (TPSA) is 78.3 Å². The summed E-state index contributed by atoms with van der Waals surface area (Å²) in [4.78, 5) is 21.9. The number of amides is 1. The molecule has 2 aliphatic rings. The summed E-state index contributed by atoms with van der Waals surface area (Å²) in [5.74, 6) is 0.493. The molecular formula is C16H14Cl2N4O2. The third-order valence-corrected chi connectivity index (χ3v) is 5.66. The molecule has 0 unspecified atom stereocenters. The summed E-state index contributed by atoms with van der Waals surface area (Å²) in [5, 5.41) is 9.76. The molecule has 6 nitrogen and oxygen atoms in total. The first kappa shape index (κ1) is 15.6. The highest BCUT2D eigenvalue weighted by Crippen LogP contribution is 2.59. The summed E-state index contributed by atoms with van der Waals surface area (Å²) < 4.78 is 0. The molecule has 2 N–H and O–H groups in total. The van der Waals surface area contributed by atoms with E-state index in [1.807, 2.05) is 18.2 Å². The fourth-order valence-electron chi connectivity index (χ4n) is 3.55. The number of rotatable bonds is 3. The molecule has 1 aromatic heterocycles. The van der Waals surface area contributed by atoms with Crippen LogP contribution in [0, 0.1) is 5.92 Å². The fourth-order valence-corrected chi connectivity index (χ4v) is 3.85. The molecule has 1 saturated carbocycles. The summed E-state index contributed by atoms with van der Waals surface area (Å²) >= 11 is 12.2. The highest BCUT2D eigenvalue weighted by atomic mass is 35.5. The van der Waals surface area contributed by atoms with Gasteiger partial charge in [0.2, 0.25) is 5.95 Å². The Morgan fingerprint density at radius 1 is 1.29 bits per heavy atom. The van der Waals surface area contributed by atoms with Crippen LogP contribution in [0.5, 0.6) is 0 Å². The summed E-state index contributed by atoms with van der Waals surface area (Å²) in [7, 11) is 0. The van der Waals surface area contributed by atoms with Crippen LogP contribution in [0.1, 0.15) is 22.3 Å². The largest absolute Gasteiger partial charge is 0.340 e. The van der Waals surface area contributed by atoms with Crippen molar-refractivity contribution in [2.24, 2.45) is 5.92 Å². The SMILES string of the molecule is O=C(NO)c1cnc(N2C[C@@H]3C[C@]3(c3ccc(Cl)c(Cl)c3)C2)nc1. The maximum absolute atomic E-state index is 11.3. The molecule has 4 rings (SSSR count). The van der Waals surface area contributed by atoms with Crippen LogP contribution in [0.3, 0.4) is 0 Å². The van der Waals surface area contributed by atoms with Crippen molar-refractivity contribution < 1.29 is 10.0 Å². The van der Waals surface area contributed by atoms with Crippen molar-refractivity contribution in [2.45, 2.75) is 11.8 Å². The number of halogens is 2. The van der Waals surface area contributed by atoms with E-state index < -0.39 is 5.91 Å². The van der Waals surface area contributed by atoms with E-state index in [4.69, 9.17) is 28.4 Å². The summed E-state index contributed by atoms with van der Waals surface area (Å²) in [6, 6.07) is 5.82. The van der Waals surface area contributed by atoms with Crippen LogP contribution in [0.25, 0.3) is 0 Å². The molecular weight excluding hydrogens is 351 g/mol. The minimum atomic E-state index is -0.627. The Morgan fingerprint density at radius 2 is 2.04 bits per heavy atom. The van der Waals surface area contributed by atoms with Gasteiger partial charge in [-0.05, 0) is 30.0 Å². The first-order chi connectivity index (χ1) is 11.5. The number of nitrogens with zero attached hydrogens (tertiary/aromatic N) is 3. The fraction of sp³-hybridized carbons (Fsp3) is 0.312. The molecule has 2 aromatic rings. The lowest BCUT2D eigenvalue weighted by Crippen LogP contribution is -2.28. The quantitative estimate of drug-likeness (QED) is 0.646. The van der Waals surface area contributed by atoms with Crippen molar-refractivity contribution in [3.8, 4) is 0 Å². The molecule has 24 heavy (non-hydrogen) atoms. The lowest BCUT2D eigenvalue weighted by atomic mass is 9.95. The zero-order valence-corrected chi connectivity index (χ0v) is 14.1. The molecule has 1 saturated heterocycles. The number of hydroxylamine groups is 1. The van der Waals surface area contributed by atoms with Gasteiger partial charge in [0.15, 0.2) is 0 Å². The number of carbonyl (C=O) groups is 1. The molecule has 124 valence electrons. The third-order valence-electron chi connectivity index (χ3n) is 4.93. The molecule has 8 heteroatoms. The molecule has 2 atom stereocenters. The average Bonchev–Trinajstić information content (AvgIpc) is 3.18. The van der Waals surface area contributed by atoms with E-state index in [1.54, 1.807) is 5.48 Å². The molecule has 1 aliphatic heterocycles. The molecule has 2 fully saturated rings. The summed E-state index contributed by atoms with van der Waals surface area (Å²) in [6.07, 6.45) is 3.93. The second kappa shape index (κ2) is 5.58. The summed E-state index contributed by atoms with van der Waals surface area (Å²) in [6.45, 7) is 1.67. The van der Waals surface area contributed by atoms with E-state index >= 15 is 0 Å². The van der Waals surface area contributed by atoms with E-state index in [9.17, 15) is 4.79 Å². The molecule has 0 bridgehead atoms. The van der Waals surface area contributed by atoms with Gasteiger partial charge in [-0.25, -0.2) is 15.4 Å². The van der Waals surface area contributed by atoms with Crippen molar-refractivity contribution in [3.63, 3.8) is 0 Å². The van der Waals surface area contributed by atoms with Crippen molar-refractivity contribution in [1.82, 2.24) is 15.4 Å². The van der Waals surface area contributed by atoms with E-state index in [1.165, 1.54) is 18.0 Å². The molecule has 0 spiro atoms. The van der Waals surface area contributed by atoms with Gasteiger partial charge in [-0.2, -0.15) is 0 Å². The Kier molecular flexibility index (Phi) is 3.63. The van der Waals surface area contributed by atoms with Gasteiger partial charge < -0.3 is 4.90 Å². The third kappa shape index (κ3) is 2.42. The Balaban J connectivity index is 1.55. The van der Waals surface area contributed by atoms with Gasteiger partial charge in [0.25, 0.3) is 5.91 Å². The number of piperidine rings is 1. The minimum absolute atomic E-state index is 0.0821. The zero-order valence-electron chi connectivity index (χ0n) is 12.5. The van der Waals surface area contributed by atoms with Gasteiger partial charge in [0.05, 0.1) is 15.6 Å². The molecule has 1 aromatic carbocycles. The van der Waals surface area contributed by atoms with Crippen molar-refractivity contribution in [2.75, 3.05) is 18.0 Å². The molecule has 1 amide bonds. The van der Waals surface area contributed by atoms with Gasteiger partial charge in [0, 0.05) is 30.9 Å². The minimum Gasteiger partial charge on any atom is -0.340 e. The van der Waals surface area contributed by atoms with Crippen LogP contribution in [-0.4, -0.2) is 34.2 Å². The number of nitrogens with one attached hydrogen (secondary N) is 1. The number of hydrogen-bond donors (Lipinski definition) is 2. The first-order valence-electron chi connectivity index (χ1n) is 7.50. The maximum atomic E-state index is 11.3. The second-order valence-electron chi connectivity index (χ2n) is 6.28. The Bertz CT molecular complexity index is 814. The Morgan fingerprint density at radius 3 is 2.71 bits per heavy atom. The van der Waals surface area contributed by atoms with Crippen LogP contribution in [0.15, 0.2) is 30.6 Å². The number of fused-ring (bicyclic) bond motifs is 1. The van der Waals surface area contributed by atoms with E-state index in [2.05, 4.69) is 14.9 Å². The van der Waals surface area contributed by atoms with Crippen LogP contribution in [-0.2, 0) is 5.41 Å². The van der Waals surface area contributed by atoms with Gasteiger partial charge in [-0.1, -0.05) is 29.3 Å². The zero-order chi connectivity index (χ0) is 16.9. The van der Waals surface area contributed by atoms with Gasteiger partial charge in [-0.3, -0.25) is 10.0 Å². The van der Waals surface area contributed by atoms with Crippen LogP contribution < -0.4 is 10.4 Å². The first-order valence-corrected chi connectivity index (χ1v) is 8.26. The van der Waals surface area contributed by atoms with E-state index in [0.717, 1.165) is 19.5 Å². The molecule has 1 aliphatic carbocycles.